The first-order chi connectivity index (χ1) is 10.0. The van der Waals surface area contributed by atoms with E-state index in [-0.39, 0.29) is 11.6 Å². The Kier molecular flexibility index (Phi) is 5.93. The zero-order chi connectivity index (χ0) is 15.2. The molecule has 2 amide bonds. The summed E-state index contributed by atoms with van der Waals surface area (Å²) in [5.74, 6) is 1.82. The zero-order valence-corrected chi connectivity index (χ0v) is 13.8. The molecular formula is C14H17BrN2O3S. The molecule has 0 bridgehead atoms. The van der Waals surface area contributed by atoms with Crippen LogP contribution in [0.4, 0.5) is 10.5 Å². The van der Waals surface area contributed by atoms with Gasteiger partial charge in [-0.1, -0.05) is 15.9 Å². The van der Waals surface area contributed by atoms with Gasteiger partial charge in [0.05, 0.1) is 5.56 Å². The van der Waals surface area contributed by atoms with Crippen molar-refractivity contribution >= 4 is 45.4 Å². The lowest BCUT2D eigenvalue weighted by atomic mass is 10.0. The molecule has 1 aliphatic heterocycles. The fourth-order valence-electron chi connectivity index (χ4n) is 2.15. The molecule has 114 valence electrons. The molecule has 0 spiro atoms. The molecule has 1 heterocycles. The number of nitrogens with one attached hydrogen (secondary N) is 2. The van der Waals surface area contributed by atoms with Crippen molar-refractivity contribution in [2.75, 3.05) is 23.4 Å². The molecule has 2 rings (SSSR count). The maximum atomic E-state index is 11.9. The molecule has 1 saturated heterocycles. The summed E-state index contributed by atoms with van der Waals surface area (Å²) in [5.41, 5.74) is 0.586. The molecule has 0 saturated carbocycles. The molecule has 3 N–H and O–H groups in total. The lowest BCUT2D eigenvalue weighted by Crippen LogP contribution is -2.34. The van der Waals surface area contributed by atoms with Gasteiger partial charge in [-0.2, -0.15) is 11.8 Å². The van der Waals surface area contributed by atoms with Gasteiger partial charge in [-0.3, -0.25) is 0 Å². The van der Waals surface area contributed by atoms with E-state index in [1.54, 1.807) is 6.07 Å². The number of carboxylic acids is 1. The Labute approximate surface area is 136 Å². The van der Waals surface area contributed by atoms with Gasteiger partial charge in [0.15, 0.2) is 0 Å². The summed E-state index contributed by atoms with van der Waals surface area (Å²) < 4.78 is 0.613. The zero-order valence-electron chi connectivity index (χ0n) is 11.4. The highest BCUT2D eigenvalue weighted by Crippen LogP contribution is 2.22. The summed E-state index contributed by atoms with van der Waals surface area (Å²) in [6.07, 6.45) is 2.26. The van der Waals surface area contributed by atoms with Crippen LogP contribution in [0.1, 0.15) is 23.2 Å². The first kappa shape index (κ1) is 16.2. The highest BCUT2D eigenvalue weighted by molar-refractivity contribution is 9.10. The highest BCUT2D eigenvalue weighted by Gasteiger charge is 2.15. The van der Waals surface area contributed by atoms with Gasteiger partial charge in [-0.15, -0.1) is 0 Å². The van der Waals surface area contributed by atoms with Crippen LogP contribution in [0.15, 0.2) is 22.7 Å². The monoisotopic (exact) mass is 372 g/mol. The van der Waals surface area contributed by atoms with E-state index in [0.29, 0.717) is 22.6 Å². The minimum atomic E-state index is -1.03. The number of aromatic carboxylic acids is 1. The molecule has 0 atom stereocenters. The predicted molar refractivity (Wildman–Crippen MR) is 88.2 cm³/mol. The first-order valence-corrected chi connectivity index (χ1v) is 8.66. The van der Waals surface area contributed by atoms with Crippen molar-refractivity contribution in [3.8, 4) is 0 Å². The van der Waals surface area contributed by atoms with E-state index in [9.17, 15) is 9.59 Å². The van der Waals surface area contributed by atoms with Crippen LogP contribution in [0.3, 0.4) is 0 Å². The minimum Gasteiger partial charge on any atom is -0.478 e. The van der Waals surface area contributed by atoms with Crippen molar-refractivity contribution in [3.63, 3.8) is 0 Å². The predicted octanol–water partition coefficient (Wildman–Crippen LogP) is 3.41. The van der Waals surface area contributed by atoms with Crippen molar-refractivity contribution in [1.29, 1.82) is 0 Å². The van der Waals surface area contributed by atoms with Gasteiger partial charge in [0.2, 0.25) is 0 Å². The summed E-state index contributed by atoms with van der Waals surface area (Å²) in [4.78, 5) is 22.8. The van der Waals surface area contributed by atoms with Crippen LogP contribution in [-0.4, -0.2) is 35.2 Å². The Morgan fingerprint density at radius 2 is 2.00 bits per heavy atom. The Bertz CT molecular complexity index is 533. The molecule has 0 aromatic heterocycles. The maximum absolute atomic E-state index is 11.9. The van der Waals surface area contributed by atoms with E-state index in [1.165, 1.54) is 12.1 Å². The topological polar surface area (TPSA) is 78.4 Å². The number of thioether (sulfide) groups is 1. The fourth-order valence-corrected chi connectivity index (χ4v) is 3.85. The first-order valence-electron chi connectivity index (χ1n) is 6.71. The van der Waals surface area contributed by atoms with E-state index in [1.807, 2.05) is 11.8 Å². The molecule has 1 aromatic rings. The fraction of sp³-hybridized carbons (Fsp3) is 0.429. The molecule has 0 aliphatic carbocycles. The van der Waals surface area contributed by atoms with E-state index in [0.717, 1.165) is 24.3 Å². The number of amides is 2. The summed E-state index contributed by atoms with van der Waals surface area (Å²) in [6, 6.07) is 4.29. The molecule has 1 aromatic carbocycles. The number of carboxylic acid groups (broad SMARTS) is 1. The lowest BCUT2D eigenvalue weighted by Gasteiger charge is -2.21. The molecule has 1 fully saturated rings. The van der Waals surface area contributed by atoms with Crippen LogP contribution in [0, 0.1) is 5.92 Å². The van der Waals surface area contributed by atoms with Crippen LogP contribution in [0.5, 0.6) is 0 Å². The molecule has 1 aliphatic rings. The highest BCUT2D eigenvalue weighted by atomic mass is 79.9. The van der Waals surface area contributed by atoms with Gasteiger partial charge >= 0.3 is 12.0 Å². The van der Waals surface area contributed by atoms with E-state index >= 15 is 0 Å². The third-order valence-electron chi connectivity index (χ3n) is 3.29. The summed E-state index contributed by atoms with van der Waals surface area (Å²) in [6.45, 7) is 0.659. The van der Waals surface area contributed by atoms with Crippen LogP contribution in [0.25, 0.3) is 0 Å². The molecule has 21 heavy (non-hydrogen) atoms. The average molecular weight is 373 g/mol. The van der Waals surface area contributed by atoms with E-state index in [2.05, 4.69) is 26.6 Å². The van der Waals surface area contributed by atoms with Gasteiger partial charge in [0.25, 0.3) is 0 Å². The van der Waals surface area contributed by atoms with Crippen molar-refractivity contribution < 1.29 is 14.7 Å². The van der Waals surface area contributed by atoms with Crippen LogP contribution >= 0.6 is 27.7 Å². The number of carbonyl (C=O) groups excluding carboxylic acids is 1. The normalized spacial score (nSPS) is 15.5. The lowest BCUT2D eigenvalue weighted by molar-refractivity contribution is 0.0697. The van der Waals surface area contributed by atoms with Gasteiger partial charge in [0, 0.05) is 16.7 Å². The average Bonchev–Trinajstić information content (AvgIpc) is 2.45. The molecule has 7 heteroatoms. The van der Waals surface area contributed by atoms with Gasteiger partial charge < -0.3 is 15.7 Å². The number of urea groups is 1. The Morgan fingerprint density at radius 1 is 1.29 bits per heavy atom. The van der Waals surface area contributed by atoms with E-state index < -0.39 is 5.97 Å². The maximum Gasteiger partial charge on any atom is 0.335 e. The SMILES string of the molecule is O=C(NCC1CCSCC1)Nc1cc(Br)cc(C(=O)O)c1. The minimum absolute atomic E-state index is 0.129. The Hall–Kier alpha value is -1.21. The number of carbonyl (C=O) groups is 2. The van der Waals surface area contributed by atoms with Crippen LogP contribution in [-0.2, 0) is 0 Å². The van der Waals surface area contributed by atoms with Gasteiger partial charge in [-0.05, 0) is 48.5 Å². The molecule has 0 radical (unpaired) electrons. The van der Waals surface area contributed by atoms with E-state index in [4.69, 9.17) is 5.11 Å². The second-order valence-corrected chi connectivity index (χ2v) is 7.06. The van der Waals surface area contributed by atoms with Crippen molar-refractivity contribution in [2.24, 2.45) is 5.92 Å². The number of anilines is 1. The molecule has 0 unspecified atom stereocenters. The summed E-state index contributed by atoms with van der Waals surface area (Å²) >= 11 is 5.19. The van der Waals surface area contributed by atoms with Crippen molar-refractivity contribution in [2.45, 2.75) is 12.8 Å². The number of benzene rings is 1. The quantitative estimate of drug-likeness (QED) is 0.756. The Balaban J connectivity index is 1.88. The smallest absolute Gasteiger partial charge is 0.335 e. The number of halogens is 1. The molecular weight excluding hydrogens is 356 g/mol. The third-order valence-corrected chi connectivity index (χ3v) is 4.80. The third kappa shape index (κ3) is 5.24. The molecule has 5 nitrogen and oxygen atoms in total. The summed E-state index contributed by atoms with van der Waals surface area (Å²) in [7, 11) is 0. The standard InChI is InChI=1S/C14H17BrN2O3S/c15-11-5-10(13(18)19)6-12(7-11)17-14(20)16-8-9-1-3-21-4-2-9/h5-7,9H,1-4,8H2,(H,18,19)(H2,16,17,20). The number of hydrogen-bond donors (Lipinski definition) is 3. The number of hydrogen-bond acceptors (Lipinski definition) is 3. The van der Waals surface area contributed by atoms with Crippen molar-refractivity contribution in [3.05, 3.63) is 28.2 Å². The second kappa shape index (κ2) is 7.70. The Morgan fingerprint density at radius 3 is 2.67 bits per heavy atom. The van der Waals surface area contributed by atoms with Crippen LogP contribution in [0.2, 0.25) is 0 Å². The number of rotatable bonds is 4. The largest absolute Gasteiger partial charge is 0.478 e. The van der Waals surface area contributed by atoms with Gasteiger partial charge in [0.1, 0.15) is 0 Å². The van der Waals surface area contributed by atoms with Gasteiger partial charge in [-0.25, -0.2) is 9.59 Å². The summed E-state index contributed by atoms with van der Waals surface area (Å²) in [5, 5.41) is 14.5. The van der Waals surface area contributed by atoms with Crippen LogP contribution < -0.4 is 10.6 Å². The second-order valence-electron chi connectivity index (χ2n) is 4.92. The van der Waals surface area contributed by atoms with Crippen molar-refractivity contribution in [1.82, 2.24) is 5.32 Å².